The van der Waals surface area contributed by atoms with Gasteiger partial charge in [0.05, 0.1) is 6.04 Å². The molecule has 0 saturated carbocycles. The summed E-state index contributed by atoms with van der Waals surface area (Å²) in [6.07, 6.45) is 1.73. The molecule has 2 aromatic heterocycles. The summed E-state index contributed by atoms with van der Waals surface area (Å²) in [6, 6.07) is 1.94. The zero-order chi connectivity index (χ0) is 13.2. The number of hydrogen-bond acceptors (Lipinski definition) is 5. The largest absolute Gasteiger partial charge is 0.338 e. The summed E-state index contributed by atoms with van der Waals surface area (Å²) in [6.45, 7) is 8.86. The summed E-state index contributed by atoms with van der Waals surface area (Å²) in [5.41, 5.74) is 0.933. The van der Waals surface area contributed by atoms with E-state index in [1.807, 2.05) is 13.0 Å². The molecule has 0 radical (unpaired) electrons. The van der Waals surface area contributed by atoms with E-state index < -0.39 is 0 Å². The zero-order valence-corrected chi connectivity index (χ0v) is 11.2. The van der Waals surface area contributed by atoms with Crippen molar-refractivity contribution in [3.05, 3.63) is 29.7 Å². The van der Waals surface area contributed by atoms with Crippen molar-refractivity contribution in [3.63, 3.8) is 0 Å². The van der Waals surface area contributed by atoms with Gasteiger partial charge in [-0.1, -0.05) is 25.9 Å². The number of aromatic nitrogens is 4. The first-order valence-electron chi connectivity index (χ1n) is 6.02. The van der Waals surface area contributed by atoms with Crippen LogP contribution in [0.5, 0.6) is 0 Å². The summed E-state index contributed by atoms with van der Waals surface area (Å²) >= 11 is 0. The molecule has 6 nitrogen and oxygen atoms in total. The summed E-state index contributed by atoms with van der Waals surface area (Å²) in [5.74, 6) is 1.34. The molecule has 1 unspecified atom stereocenters. The van der Waals surface area contributed by atoms with Gasteiger partial charge >= 0.3 is 0 Å². The molecule has 0 aliphatic rings. The second-order valence-corrected chi connectivity index (χ2v) is 5.39. The third kappa shape index (κ3) is 2.95. The van der Waals surface area contributed by atoms with Gasteiger partial charge in [0, 0.05) is 23.9 Å². The predicted octanol–water partition coefficient (Wildman–Crippen LogP) is 1.94. The second kappa shape index (κ2) is 4.89. The highest BCUT2D eigenvalue weighted by Crippen LogP contribution is 2.20. The van der Waals surface area contributed by atoms with Crippen LogP contribution in [0.2, 0.25) is 0 Å². The van der Waals surface area contributed by atoms with Gasteiger partial charge in [-0.05, 0) is 13.0 Å². The topological polar surface area (TPSA) is 79.6 Å². The van der Waals surface area contributed by atoms with Crippen molar-refractivity contribution < 1.29 is 4.52 Å². The van der Waals surface area contributed by atoms with Gasteiger partial charge < -0.3 is 9.84 Å². The minimum absolute atomic E-state index is 0.0110. The molecule has 1 atom stereocenters. The molecule has 0 amide bonds. The summed E-state index contributed by atoms with van der Waals surface area (Å²) in [7, 11) is 0. The van der Waals surface area contributed by atoms with Crippen LogP contribution in [0.3, 0.4) is 0 Å². The first-order chi connectivity index (χ1) is 8.47. The molecule has 18 heavy (non-hydrogen) atoms. The lowest BCUT2D eigenvalue weighted by Crippen LogP contribution is -2.19. The third-order valence-electron chi connectivity index (χ3n) is 2.64. The highest BCUT2D eigenvalue weighted by Gasteiger charge is 2.22. The molecule has 0 aromatic carbocycles. The molecule has 0 saturated heterocycles. The Morgan fingerprint density at radius 3 is 2.78 bits per heavy atom. The van der Waals surface area contributed by atoms with Crippen molar-refractivity contribution in [2.45, 2.75) is 45.7 Å². The van der Waals surface area contributed by atoms with E-state index in [1.54, 1.807) is 6.20 Å². The van der Waals surface area contributed by atoms with Gasteiger partial charge in [0.15, 0.2) is 5.82 Å². The van der Waals surface area contributed by atoms with Crippen LogP contribution >= 0.6 is 0 Å². The average Bonchev–Trinajstić information content (AvgIpc) is 2.96. The number of hydrogen-bond donors (Lipinski definition) is 2. The van der Waals surface area contributed by atoms with E-state index in [0.717, 1.165) is 11.5 Å². The molecular formula is C12H19N5O. The summed E-state index contributed by atoms with van der Waals surface area (Å²) in [4.78, 5) is 4.42. The minimum Gasteiger partial charge on any atom is -0.338 e. The minimum atomic E-state index is -0.0924. The maximum atomic E-state index is 5.27. The van der Waals surface area contributed by atoms with Crippen LogP contribution in [0.1, 0.15) is 51.1 Å². The molecule has 6 heteroatoms. The number of nitrogens with zero attached hydrogens (tertiary/aromatic N) is 3. The maximum Gasteiger partial charge on any atom is 0.243 e. The first-order valence-corrected chi connectivity index (χ1v) is 6.02. The van der Waals surface area contributed by atoms with E-state index in [9.17, 15) is 0 Å². The van der Waals surface area contributed by atoms with Crippen molar-refractivity contribution in [2.24, 2.45) is 0 Å². The Morgan fingerprint density at radius 2 is 2.22 bits per heavy atom. The van der Waals surface area contributed by atoms with Gasteiger partial charge in [-0.2, -0.15) is 10.1 Å². The maximum absolute atomic E-state index is 5.27. The number of rotatable bonds is 4. The molecule has 0 aliphatic carbocycles. The SMILES string of the molecule is CC(NCc1ccn[nH]1)c1nc(C(C)(C)C)no1. The summed E-state index contributed by atoms with van der Waals surface area (Å²) in [5, 5.41) is 14.1. The number of aromatic amines is 1. The van der Waals surface area contributed by atoms with Crippen LogP contribution < -0.4 is 5.32 Å². The van der Waals surface area contributed by atoms with E-state index in [4.69, 9.17) is 4.52 Å². The Hall–Kier alpha value is -1.69. The highest BCUT2D eigenvalue weighted by atomic mass is 16.5. The van der Waals surface area contributed by atoms with Crippen LogP contribution in [0, 0.1) is 0 Å². The Kier molecular flexibility index (Phi) is 3.47. The van der Waals surface area contributed by atoms with Crippen LogP contribution in [0.15, 0.2) is 16.8 Å². The van der Waals surface area contributed by atoms with Gasteiger partial charge in [0.25, 0.3) is 0 Å². The van der Waals surface area contributed by atoms with Crippen molar-refractivity contribution in [3.8, 4) is 0 Å². The van der Waals surface area contributed by atoms with E-state index >= 15 is 0 Å². The normalized spacial score (nSPS) is 13.8. The van der Waals surface area contributed by atoms with Crippen LogP contribution in [-0.2, 0) is 12.0 Å². The Balaban J connectivity index is 1.96. The quantitative estimate of drug-likeness (QED) is 0.865. The Morgan fingerprint density at radius 1 is 1.44 bits per heavy atom. The van der Waals surface area contributed by atoms with Crippen molar-refractivity contribution in [2.75, 3.05) is 0 Å². The van der Waals surface area contributed by atoms with Crippen molar-refractivity contribution in [1.82, 2.24) is 25.7 Å². The third-order valence-corrected chi connectivity index (χ3v) is 2.64. The molecule has 0 aliphatic heterocycles. The Labute approximate surface area is 106 Å². The Bertz CT molecular complexity index is 483. The van der Waals surface area contributed by atoms with E-state index in [1.165, 1.54) is 0 Å². The molecule has 2 heterocycles. The fraction of sp³-hybridized carbons (Fsp3) is 0.583. The monoisotopic (exact) mass is 249 g/mol. The standard InChI is InChI=1S/C12H19N5O/c1-8(13-7-9-5-6-14-16-9)10-15-11(17-18-10)12(2,3)4/h5-6,8,13H,7H2,1-4H3,(H,14,16). The van der Waals surface area contributed by atoms with Gasteiger partial charge in [-0.25, -0.2) is 0 Å². The first kappa shape index (κ1) is 12.8. The molecule has 2 aromatic rings. The average molecular weight is 249 g/mol. The molecule has 0 fully saturated rings. The molecule has 0 bridgehead atoms. The molecular weight excluding hydrogens is 230 g/mol. The highest BCUT2D eigenvalue weighted by molar-refractivity contribution is 5.02. The lowest BCUT2D eigenvalue weighted by atomic mass is 9.96. The zero-order valence-electron chi connectivity index (χ0n) is 11.2. The van der Waals surface area contributed by atoms with E-state index in [-0.39, 0.29) is 11.5 Å². The summed E-state index contributed by atoms with van der Waals surface area (Å²) < 4.78 is 5.27. The van der Waals surface area contributed by atoms with Crippen LogP contribution in [-0.4, -0.2) is 20.3 Å². The van der Waals surface area contributed by atoms with Crippen molar-refractivity contribution in [1.29, 1.82) is 0 Å². The fourth-order valence-corrected chi connectivity index (χ4v) is 1.45. The lowest BCUT2D eigenvalue weighted by Gasteiger charge is -2.11. The predicted molar refractivity (Wildman–Crippen MR) is 66.8 cm³/mol. The van der Waals surface area contributed by atoms with Gasteiger partial charge in [-0.3, -0.25) is 5.10 Å². The smallest absolute Gasteiger partial charge is 0.243 e. The van der Waals surface area contributed by atoms with Gasteiger partial charge in [0.1, 0.15) is 0 Å². The van der Waals surface area contributed by atoms with Crippen LogP contribution in [0.4, 0.5) is 0 Å². The van der Waals surface area contributed by atoms with Gasteiger partial charge in [-0.15, -0.1) is 0 Å². The van der Waals surface area contributed by atoms with Gasteiger partial charge in [0.2, 0.25) is 5.89 Å². The lowest BCUT2D eigenvalue weighted by molar-refractivity contribution is 0.330. The number of nitrogens with one attached hydrogen (secondary N) is 2. The van der Waals surface area contributed by atoms with Crippen LogP contribution in [0.25, 0.3) is 0 Å². The molecule has 2 N–H and O–H groups in total. The second-order valence-electron chi connectivity index (χ2n) is 5.39. The molecule has 98 valence electrons. The molecule has 2 rings (SSSR count). The fourth-order valence-electron chi connectivity index (χ4n) is 1.45. The van der Waals surface area contributed by atoms with Crippen molar-refractivity contribution >= 4 is 0 Å². The van der Waals surface area contributed by atoms with E-state index in [2.05, 4.69) is 46.4 Å². The number of H-pyrrole nitrogens is 1. The molecule has 0 spiro atoms. The van der Waals surface area contributed by atoms with E-state index in [0.29, 0.717) is 12.4 Å².